The van der Waals surface area contributed by atoms with E-state index in [0.717, 1.165) is 29.7 Å². The Morgan fingerprint density at radius 1 is 1.05 bits per heavy atom. The number of aliphatic imine (C=N–C) groups is 2. The number of ether oxygens (including phenoxy) is 1. The molecule has 0 radical (unpaired) electrons. The van der Waals surface area contributed by atoms with E-state index < -0.39 is 38.9 Å². The number of sulfone groups is 1. The summed E-state index contributed by atoms with van der Waals surface area (Å²) in [6.45, 7) is 5.54. The lowest BCUT2D eigenvalue weighted by atomic mass is 9.89. The Morgan fingerprint density at radius 3 is 2.36 bits per heavy atom. The first-order chi connectivity index (χ1) is 18.4. The molecule has 39 heavy (non-hydrogen) atoms. The molecule has 3 aliphatic rings. The second kappa shape index (κ2) is 11.0. The fourth-order valence-electron chi connectivity index (χ4n) is 5.24. The van der Waals surface area contributed by atoms with E-state index in [2.05, 4.69) is 9.98 Å². The second-order valence-electron chi connectivity index (χ2n) is 11.5. The van der Waals surface area contributed by atoms with Gasteiger partial charge in [0.2, 0.25) is 0 Å². The molecule has 1 amide bonds. The first-order valence-corrected chi connectivity index (χ1v) is 15.6. The number of nitrogens with zero attached hydrogens (tertiary/aromatic N) is 3. The van der Waals surface area contributed by atoms with Gasteiger partial charge in [-0.1, -0.05) is 47.5 Å². The van der Waals surface area contributed by atoms with Gasteiger partial charge in [0, 0.05) is 28.2 Å². The van der Waals surface area contributed by atoms with E-state index in [1.54, 1.807) is 43.9 Å². The summed E-state index contributed by atoms with van der Waals surface area (Å²) in [6.07, 6.45) is 2.09. The van der Waals surface area contributed by atoms with Crippen molar-refractivity contribution in [2.75, 3.05) is 12.3 Å². The van der Waals surface area contributed by atoms with Crippen molar-refractivity contribution in [1.29, 1.82) is 0 Å². The summed E-state index contributed by atoms with van der Waals surface area (Å²) in [5.41, 5.74) is 2.38. The number of carbonyl (C=O) groups is 1. The molecule has 4 atom stereocenters. The molecule has 2 fully saturated rings. The van der Waals surface area contributed by atoms with Crippen LogP contribution in [0.5, 0.6) is 0 Å². The van der Waals surface area contributed by atoms with Crippen LogP contribution < -0.4 is 0 Å². The van der Waals surface area contributed by atoms with Crippen molar-refractivity contribution >= 4 is 51.0 Å². The molecule has 1 saturated heterocycles. The molecule has 7 nitrogen and oxygen atoms in total. The third-order valence-electron chi connectivity index (χ3n) is 7.68. The molecular formula is C29H33Cl2N3O4S. The number of amides is 1. The maximum Gasteiger partial charge on any atom is 0.253 e. The zero-order valence-electron chi connectivity index (χ0n) is 22.3. The Bertz CT molecular complexity index is 1400. The van der Waals surface area contributed by atoms with Crippen molar-refractivity contribution in [3.63, 3.8) is 0 Å². The van der Waals surface area contributed by atoms with Gasteiger partial charge in [-0.05, 0) is 74.9 Å². The minimum absolute atomic E-state index is 0.0896. The van der Waals surface area contributed by atoms with Crippen LogP contribution in [-0.2, 0) is 19.4 Å². The summed E-state index contributed by atoms with van der Waals surface area (Å²) >= 11 is 12.6. The van der Waals surface area contributed by atoms with Crippen LogP contribution in [0.25, 0.3) is 0 Å². The lowest BCUT2D eigenvalue weighted by Crippen LogP contribution is -2.58. The van der Waals surface area contributed by atoms with E-state index in [0.29, 0.717) is 16.6 Å². The van der Waals surface area contributed by atoms with Gasteiger partial charge >= 0.3 is 0 Å². The number of morpholine rings is 1. The van der Waals surface area contributed by atoms with Crippen molar-refractivity contribution in [1.82, 2.24) is 4.90 Å². The predicted octanol–water partition coefficient (Wildman–Crippen LogP) is 5.87. The van der Waals surface area contributed by atoms with Crippen LogP contribution in [0, 0.1) is 5.92 Å². The number of rotatable bonds is 8. The second-order valence-corrected chi connectivity index (χ2v) is 15.2. The molecule has 2 aromatic rings. The fraction of sp³-hybridized carbons (Fsp3) is 0.483. The van der Waals surface area contributed by atoms with E-state index >= 15 is 0 Å². The van der Waals surface area contributed by atoms with Gasteiger partial charge in [-0.15, -0.1) is 0 Å². The summed E-state index contributed by atoms with van der Waals surface area (Å²) in [5, 5.41) is 1.12. The van der Waals surface area contributed by atoms with Gasteiger partial charge in [-0.25, -0.2) is 13.4 Å². The van der Waals surface area contributed by atoms with Crippen LogP contribution in [-0.4, -0.2) is 60.5 Å². The Morgan fingerprint density at radius 2 is 1.77 bits per heavy atom. The number of halogens is 2. The summed E-state index contributed by atoms with van der Waals surface area (Å²) in [5.74, 6) is -0.258. The van der Waals surface area contributed by atoms with Crippen molar-refractivity contribution in [3.8, 4) is 0 Å². The smallest absolute Gasteiger partial charge is 0.253 e. The van der Waals surface area contributed by atoms with Gasteiger partial charge in [-0.3, -0.25) is 9.79 Å². The van der Waals surface area contributed by atoms with E-state index in [9.17, 15) is 13.2 Å². The molecule has 2 aliphatic heterocycles. The Balaban J connectivity index is 1.65. The molecule has 0 spiro atoms. The molecule has 2 aromatic carbocycles. The molecule has 208 valence electrons. The predicted molar refractivity (Wildman–Crippen MR) is 156 cm³/mol. The van der Waals surface area contributed by atoms with Crippen LogP contribution in [0.4, 0.5) is 0 Å². The zero-order valence-corrected chi connectivity index (χ0v) is 24.6. The first-order valence-electron chi connectivity index (χ1n) is 13.2. The molecule has 5 rings (SSSR count). The van der Waals surface area contributed by atoms with Crippen LogP contribution >= 0.6 is 23.2 Å². The molecular weight excluding hydrogens is 557 g/mol. The summed E-state index contributed by atoms with van der Waals surface area (Å²) in [6, 6.07) is 13.7. The van der Waals surface area contributed by atoms with Crippen molar-refractivity contribution in [2.24, 2.45) is 15.9 Å². The third-order valence-corrected chi connectivity index (χ3v) is 10.8. The number of carbonyl (C=O) groups excluding carboxylic acids is 1. The van der Waals surface area contributed by atoms with Crippen molar-refractivity contribution in [3.05, 3.63) is 69.7 Å². The van der Waals surface area contributed by atoms with E-state index in [-0.39, 0.29) is 24.0 Å². The Hall–Kier alpha value is -2.26. The van der Waals surface area contributed by atoms with Crippen LogP contribution in [0.2, 0.25) is 10.0 Å². The maximum atomic E-state index is 14.4. The quantitative estimate of drug-likeness (QED) is 0.385. The van der Waals surface area contributed by atoms with Gasteiger partial charge in [0.15, 0.2) is 9.84 Å². The highest BCUT2D eigenvalue weighted by Gasteiger charge is 2.52. The number of benzene rings is 2. The molecule has 1 aliphatic carbocycles. The van der Waals surface area contributed by atoms with Gasteiger partial charge in [-0.2, -0.15) is 0 Å². The van der Waals surface area contributed by atoms with Crippen LogP contribution in [0.15, 0.2) is 58.5 Å². The summed E-state index contributed by atoms with van der Waals surface area (Å²) in [7, 11) is -3.54. The highest BCUT2D eigenvalue weighted by atomic mass is 35.5. The third kappa shape index (κ3) is 6.09. The largest absolute Gasteiger partial charge is 0.358 e. The van der Waals surface area contributed by atoms with E-state index in [1.807, 2.05) is 30.3 Å². The van der Waals surface area contributed by atoms with Crippen LogP contribution in [0.3, 0.4) is 0 Å². The molecule has 0 unspecified atom stereocenters. The van der Waals surface area contributed by atoms with Gasteiger partial charge in [0.25, 0.3) is 5.91 Å². The van der Waals surface area contributed by atoms with Gasteiger partial charge in [0.05, 0.1) is 23.1 Å². The average Bonchev–Trinajstić information content (AvgIpc) is 3.59. The SMILES string of the molecule is CC(C)(C)S(=O)(=O)C[C@H](C1CC1)N1C(=O)[C@@H](CC2=NC=NC2)O[C@H](c2cccc(Cl)c2)[C@H]1c1ccc(Cl)cc1. The molecule has 10 heteroatoms. The molecule has 0 bridgehead atoms. The first kappa shape index (κ1) is 28.3. The van der Waals surface area contributed by atoms with E-state index in [1.165, 1.54) is 6.34 Å². The molecule has 0 N–H and O–H groups in total. The molecule has 1 saturated carbocycles. The number of hydrogen-bond donors (Lipinski definition) is 0. The lowest BCUT2D eigenvalue weighted by molar-refractivity contribution is -0.178. The van der Waals surface area contributed by atoms with Crippen molar-refractivity contribution in [2.45, 2.75) is 69.1 Å². The fourth-order valence-corrected chi connectivity index (χ4v) is 6.95. The zero-order chi connectivity index (χ0) is 27.9. The topological polar surface area (TPSA) is 88.4 Å². The Labute approximate surface area is 240 Å². The van der Waals surface area contributed by atoms with Gasteiger partial charge in [0.1, 0.15) is 18.5 Å². The monoisotopic (exact) mass is 589 g/mol. The van der Waals surface area contributed by atoms with Gasteiger partial charge < -0.3 is 9.64 Å². The Kier molecular flexibility index (Phi) is 7.94. The standard InChI is InChI=1S/C29H33Cl2N3O4S/c1-29(2,3)39(36,37)16-24(18-7-8-18)34-26(19-9-11-21(30)12-10-19)27(20-5-4-6-22(31)13-20)38-25(28(34)35)14-23-15-32-17-33-23/h4-6,9-13,17-18,24-27H,7-8,14-16H2,1-3H3/t24-,25-,26-,27-/m1/s1. The van der Waals surface area contributed by atoms with Crippen LogP contribution in [0.1, 0.15) is 63.3 Å². The summed E-state index contributed by atoms with van der Waals surface area (Å²) < 4.78 is 32.8. The maximum absolute atomic E-state index is 14.4. The highest BCUT2D eigenvalue weighted by molar-refractivity contribution is 7.92. The summed E-state index contributed by atoms with van der Waals surface area (Å²) in [4.78, 5) is 24.7. The molecule has 0 aromatic heterocycles. The average molecular weight is 591 g/mol. The molecule has 2 heterocycles. The minimum Gasteiger partial charge on any atom is -0.358 e. The lowest BCUT2D eigenvalue weighted by Gasteiger charge is -2.48. The number of hydrogen-bond acceptors (Lipinski definition) is 6. The highest BCUT2D eigenvalue weighted by Crippen LogP contribution is 2.48. The minimum atomic E-state index is -3.54. The van der Waals surface area contributed by atoms with E-state index in [4.69, 9.17) is 27.9 Å². The van der Waals surface area contributed by atoms with Crippen molar-refractivity contribution < 1.29 is 17.9 Å². The normalized spacial score (nSPS) is 24.6.